The van der Waals surface area contributed by atoms with Crippen molar-refractivity contribution in [2.24, 2.45) is 0 Å². The van der Waals surface area contributed by atoms with Gasteiger partial charge in [-0.05, 0) is 37.5 Å². The van der Waals surface area contributed by atoms with Crippen LogP contribution in [0.25, 0.3) is 28.5 Å². The maximum absolute atomic E-state index is 5.57. The Kier molecular flexibility index (Phi) is 4.94. The normalized spacial score (nSPS) is 15.3. The first-order chi connectivity index (χ1) is 16.7. The topological polar surface area (TPSA) is 99.3 Å². The van der Waals surface area contributed by atoms with Gasteiger partial charge in [-0.3, -0.25) is 0 Å². The van der Waals surface area contributed by atoms with Crippen molar-refractivity contribution >= 4 is 0 Å². The highest BCUT2D eigenvalue weighted by Crippen LogP contribution is 2.33. The Bertz CT molecular complexity index is 1450. The summed E-state index contributed by atoms with van der Waals surface area (Å²) >= 11 is 0. The van der Waals surface area contributed by atoms with Crippen LogP contribution in [0.15, 0.2) is 61.2 Å². The van der Waals surface area contributed by atoms with E-state index < -0.39 is 0 Å². The molecule has 0 radical (unpaired) electrons. The van der Waals surface area contributed by atoms with E-state index in [1.165, 1.54) is 0 Å². The number of aryl methyl sites for hydroxylation is 2. The Morgan fingerprint density at radius 2 is 1.94 bits per heavy atom. The summed E-state index contributed by atoms with van der Waals surface area (Å²) in [6.07, 6.45) is 7.56. The molecule has 0 fully saturated rings. The average Bonchev–Trinajstić information content (AvgIpc) is 3.63. The van der Waals surface area contributed by atoms with Crippen molar-refractivity contribution in [3.05, 3.63) is 78.5 Å². The molecule has 5 heterocycles. The molecule has 1 N–H and O–H groups in total. The Morgan fingerprint density at radius 1 is 1.06 bits per heavy atom. The molecule has 9 heteroatoms. The van der Waals surface area contributed by atoms with Crippen molar-refractivity contribution in [2.45, 2.75) is 32.2 Å². The molecule has 0 aliphatic carbocycles. The second-order valence-electron chi connectivity index (χ2n) is 8.41. The van der Waals surface area contributed by atoms with Gasteiger partial charge in [-0.15, -0.1) is 5.10 Å². The summed E-state index contributed by atoms with van der Waals surface area (Å²) < 4.78 is 9.45. The largest absolute Gasteiger partial charge is 0.479 e. The molecule has 0 saturated carbocycles. The summed E-state index contributed by atoms with van der Waals surface area (Å²) in [5, 5.41) is 4.77. The van der Waals surface area contributed by atoms with Crippen molar-refractivity contribution in [1.82, 2.24) is 39.3 Å². The first-order valence-corrected chi connectivity index (χ1v) is 11.3. The number of aromatic nitrogens is 8. The number of fused-ring (bicyclic) bond motifs is 1. The standard InChI is InChI=1S/C25H24N8O/c1-16-14-32(15-27-16)21-11-10-19(29-25(21)34-2)23-30-24-18(9-6-12-33(24)31-23)22-26-13-20(28-22)17-7-4-3-5-8-17/h3-5,7-8,10-11,13-15,18H,6,9,12H2,1-2H3,(H,26,28)/t18-/m0/s1. The van der Waals surface area contributed by atoms with Crippen LogP contribution in [-0.2, 0) is 6.54 Å². The second-order valence-corrected chi connectivity index (χ2v) is 8.41. The number of benzene rings is 1. The fourth-order valence-electron chi connectivity index (χ4n) is 4.45. The van der Waals surface area contributed by atoms with Gasteiger partial charge in [0, 0.05) is 12.7 Å². The molecule has 9 nitrogen and oxygen atoms in total. The lowest BCUT2D eigenvalue weighted by Gasteiger charge is -2.20. The first kappa shape index (κ1) is 20.3. The molecule has 0 amide bonds. The molecule has 6 rings (SSSR count). The van der Waals surface area contributed by atoms with Gasteiger partial charge in [0.05, 0.1) is 36.9 Å². The van der Waals surface area contributed by atoms with Gasteiger partial charge in [0.25, 0.3) is 0 Å². The molecule has 1 aliphatic rings. The number of aromatic amines is 1. The molecule has 1 atom stereocenters. The highest BCUT2D eigenvalue weighted by Gasteiger charge is 2.29. The van der Waals surface area contributed by atoms with Gasteiger partial charge in [-0.1, -0.05) is 30.3 Å². The third-order valence-corrected chi connectivity index (χ3v) is 6.14. The van der Waals surface area contributed by atoms with Crippen LogP contribution in [0.4, 0.5) is 0 Å². The van der Waals surface area contributed by atoms with Crippen molar-refractivity contribution in [2.75, 3.05) is 7.11 Å². The number of rotatable bonds is 5. The smallest absolute Gasteiger partial charge is 0.238 e. The van der Waals surface area contributed by atoms with Crippen molar-refractivity contribution in [3.8, 4) is 34.3 Å². The van der Waals surface area contributed by atoms with Crippen LogP contribution >= 0.6 is 0 Å². The molecular weight excluding hydrogens is 428 g/mol. The van der Waals surface area contributed by atoms with Gasteiger partial charge in [-0.25, -0.2) is 24.6 Å². The van der Waals surface area contributed by atoms with Crippen LogP contribution in [0.2, 0.25) is 0 Å². The fraction of sp³-hybridized carbons (Fsp3) is 0.240. The molecule has 1 aromatic carbocycles. The molecule has 0 spiro atoms. The van der Waals surface area contributed by atoms with Gasteiger partial charge in [0.2, 0.25) is 5.88 Å². The molecule has 0 saturated heterocycles. The van der Waals surface area contributed by atoms with Crippen LogP contribution in [0.3, 0.4) is 0 Å². The summed E-state index contributed by atoms with van der Waals surface area (Å²) in [5.41, 5.74) is 4.53. The maximum Gasteiger partial charge on any atom is 0.238 e. The number of ether oxygens (including phenoxy) is 1. The van der Waals surface area contributed by atoms with Gasteiger partial charge >= 0.3 is 0 Å². The monoisotopic (exact) mass is 452 g/mol. The zero-order valence-corrected chi connectivity index (χ0v) is 19.0. The molecule has 4 aromatic heterocycles. The lowest BCUT2D eigenvalue weighted by molar-refractivity contribution is 0.396. The van der Waals surface area contributed by atoms with Crippen LogP contribution in [0.5, 0.6) is 5.88 Å². The van der Waals surface area contributed by atoms with Crippen LogP contribution in [-0.4, -0.2) is 46.4 Å². The first-order valence-electron chi connectivity index (χ1n) is 11.3. The van der Waals surface area contributed by atoms with E-state index >= 15 is 0 Å². The van der Waals surface area contributed by atoms with E-state index in [0.717, 1.165) is 53.7 Å². The molecular formula is C25H24N8O. The third-order valence-electron chi connectivity index (χ3n) is 6.14. The van der Waals surface area contributed by atoms with Gasteiger partial charge in [-0.2, -0.15) is 0 Å². The molecule has 1 aliphatic heterocycles. The van der Waals surface area contributed by atoms with E-state index in [4.69, 9.17) is 24.8 Å². The molecule has 0 unspecified atom stereocenters. The highest BCUT2D eigenvalue weighted by molar-refractivity contribution is 5.58. The van der Waals surface area contributed by atoms with Gasteiger partial charge in [0.1, 0.15) is 23.0 Å². The van der Waals surface area contributed by atoms with Crippen LogP contribution < -0.4 is 4.74 Å². The lowest BCUT2D eigenvalue weighted by Crippen LogP contribution is -2.18. The van der Waals surface area contributed by atoms with E-state index in [9.17, 15) is 0 Å². The highest BCUT2D eigenvalue weighted by atomic mass is 16.5. The Morgan fingerprint density at radius 3 is 2.74 bits per heavy atom. The van der Waals surface area contributed by atoms with Crippen LogP contribution in [0.1, 0.15) is 36.1 Å². The van der Waals surface area contributed by atoms with Crippen LogP contribution in [0, 0.1) is 6.92 Å². The number of nitrogens with zero attached hydrogens (tertiary/aromatic N) is 7. The minimum Gasteiger partial charge on any atom is -0.479 e. The quantitative estimate of drug-likeness (QED) is 0.430. The number of H-pyrrole nitrogens is 1. The van der Waals surface area contributed by atoms with E-state index in [-0.39, 0.29) is 5.92 Å². The van der Waals surface area contributed by atoms with E-state index in [1.807, 2.05) is 58.9 Å². The molecule has 0 bridgehead atoms. The SMILES string of the molecule is COc1nc(-c2nc3n(n2)CCC[C@H]3c2ncc(-c3ccccc3)[nH]2)ccc1-n1cnc(C)c1. The Hall–Kier alpha value is -4.27. The summed E-state index contributed by atoms with van der Waals surface area (Å²) in [5.74, 6) is 2.96. The number of pyridine rings is 1. The number of nitrogens with one attached hydrogen (secondary N) is 1. The number of imidazole rings is 2. The third kappa shape index (κ3) is 3.55. The summed E-state index contributed by atoms with van der Waals surface area (Å²) in [6.45, 7) is 2.77. The second kappa shape index (κ2) is 8.26. The predicted octanol–water partition coefficient (Wildman–Crippen LogP) is 4.16. The summed E-state index contributed by atoms with van der Waals surface area (Å²) in [4.78, 5) is 22.1. The minimum atomic E-state index is 0.0579. The predicted molar refractivity (Wildman–Crippen MR) is 127 cm³/mol. The Balaban J connectivity index is 1.34. The van der Waals surface area contributed by atoms with Crippen molar-refractivity contribution in [3.63, 3.8) is 0 Å². The van der Waals surface area contributed by atoms with Crippen molar-refractivity contribution in [1.29, 1.82) is 0 Å². The van der Waals surface area contributed by atoms with E-state index in [2.05, 4.69) is 22.1 Å². The average molecular weight is 453 g/mol. The number of hydrogen-bond acceptors (Lipinski definition) is 6. The maximum atomic E-state index is 5.57. The van der Waals surface area contributed by atoms with E-state index in [0.29, 0.717) is 17.4 Å². The summed E-state index contributed by atoms with van der Waals surface area (Å²) in [6, 6.07) is 14.1. The zero-order valence-electron chi connectivity index (χ0n) is 19.0. The molecule has 5 aromatic rings. The van der Waals surface area contributed by atoms with Gasteiger partial charge < -0.3 is 14.3 Å². The fourth-order valence-corrected chi connectivity index (χ4v) is 4.45. The van der Waals surface area contributed by atoms with E-state index in [1.54, 1.807) is 13.4 Å². The number of hydrogen-bond donors (Lipinski definition) is 1. The summed E-state index contributed by atoms with van der Waals surface area (Å²) in [7, 11) is 1.61. The van der Waals surface area contributed by atoms with Gasteiger partial charge in [0.15, 0.2) is 5.82 Å². The zero-order chi connectivity index (χ0) is 23.1. The molecule has 34 heavy (non-hydrogen) atoms. The number of methoxy groups -OCH3 is 1. The molecule has 170 valence electrons. The minimum absolute atomic E-state index is 0.0579. The lowest BCUT2D eigenvalue weighted by atomic mass is 9.98. The Labute approximate surface area is 196 Å². The van der Waals surface area contributed by atoms with Crippen molar-refractivity contribution < 1.29 is 4.74 Å².